The van der Waals surface area contributed by atoms with E-state index >= 15 is 0 Å². The summed E-state index contributed by atoms with van der Waals surface area (Å²) in [7, 11) is 0. The van der Waals surface area contributed by atoms with E-state index in [-0.39, 0.29) is 12.5 Å². The number of hydrogen-bond acceptors (Lipinski definition) is 3. The van der Waals surface area contributed by atoms with E-state index in [4.69, 9.17) is 5.73 Å². The van der Waals surface area contributed by atoms with E-state index in [1.54, 1.807) is 24.3 Å². The molecule has 2 amide bonds. The highest BCUT2D eigenvalue weighted by Crippen LogP contribution is 1.96. The van der Waals surface area contributed by atoms with Gasteiger partial charge in [-0.2, -0.15) is 0 Å². The van der Waals surface area contributed by atoms with Crippen LogP contribution in [0.1, 0.15) is 10.4 Å². The van der Waals surface area contributed by atoms with Gasteiger partial charge in [0.05, 0.1) is 6.54 Å². The van der Waals surface area contributed by atoms with E-state index < -0.39 is 5.91 Å². The molecule has 0 heterocycles. The van der Waals surface area contributed by atoms with Gasteiger partial charge in [0.1, 0.15) is 0 Å². The van der Waals surface area contributed by atoms with Crippen LogP contribution in [-0.2, 0) is 4.79 Å². The molecule has 0 aromatic heterocycles. The molecule has 1 rings (SSSR count). The van der Waals surface area contributed by atoms with Gasteiger partial charge in [0, 0.05) is 18.7 Å². The third-order valence-corrected chi connectivity index (χ3v) is 1.92. The summed E-state index contributed by atoms with van der Waals surface area (Å²) in [5.41, 5.74) is 5.56. The summed E-state index contributed by atoms with van der Waals surface area (Å²) in [6.07, 6.45) is 0. The highest BCUT2D eigenvalue weighted by Gasteiger charge is 2.02. The molecule has 0 aliphatic heterocycles. The molecule has 5 nitrogen and oxygen atoms in total. The Hall–Kier alpha value is -1.88. The molecule has 16 heavy (non-hydrogen) atoms. The molecule has 1 aromatic carbocycles. The van der Waals surface area contributed by atoms with E-state index in [1.807, 2.05) is 6.07 Å². The summed E-state index contributed by atoms with van der Waals surface area (Å²) in [5.74, 6) is -0.532. The van der Waals surface area contributed by atoms with Crippen LogP contribution in [0.4, 0.5) is 0 Å². The van der Waals surface area contributed by atoms with Crippen LogP contribution >= 0.6 is 0 Å². The summed E-state index contributed by atoms with van der Waals surface area (Å²) < 4.78 is 0. The molecule has 0 spiro atoms. The van der Waals surface area contributed by atoms with Crippen LogP contribution in [0, 0.1) is 0 Å². The van der Waals surface area contributed by atoms with Gasteiger partial charge < -0.3 is 16.4 Å². The Balaban J connectivity index is 2.19. The first-order chi connectivity index (χ1) is 7.70. The topological polar surface area (TPSA) is 84.2 Å². The third kappa shape index (κ3) is 4.56. The second-order valence-corrected chi connectivity index (χ2v) is 3.27. The molecule has 0 radical (unpaired) electrons. The largest absolute Gasteiger partial charge is 0.369 e. The molecule has 4 N–H and O–H groups in total. The summed E-state index contributed by atoms with van der Waals surface area (Å²) in [6, 6.07) is 8.95. The first-order valence-corrected chi connectivity index (χ1v) is 5.02. The molecular formula is C11H15N3O2. The van der Waals surface area contributed by atoms with Crippen LogP contribution in [0.25, 0.3) is 0 Å². The number of nitrogens with one attached hydrogen (secondary N) is 2. The molecule has 0 atom stereocenters. The number of carbonyl (C=O) groups is 2. The van der Waals surface area contributed by atoms with Crippen molar-refractivity contribution in [1.29, 1.82) is 0 Å². The lowest BCUT2D eigenvalue weighted by molar-refractivity contribution is -0.117. The van der Waals surface area contributed by atoms with Crippen molar-refractivity contribution in [3.63, 3.8) is 0 Å². The average molecular weight is 221 g/mol. The maximum Gasteiger partial charge on any atom is 0.251 e. The van der Waals surface area contributed by atoms with Gasteiger partial charge in [0.2, 0.25) is 5.91 Å². The molecule has 0 fully saturated rings. The number of benzene rings is 1. The Kier molecular flexibility index (Phi) is 5.01. The van der Waals surface area contributed by atoms with Crippen LogP contribution in [0.3, 0.4) is 0 Å². The maximum absolute atomic E-state index is 11.5. The monoisotopic (exact) mass is 221 g/mol. The minimum atomic E-state index is -0.408. The molecule has 86 valence electrons. The fourth-order valence-corrected chi connectivity index (χ4v) is 1.17. The van der Waals surface area contributed by atoms with Crippen molar-refractivity contribution in [3.8, 4) is 0 Å². The van der Waals surface area contributed by atoms with Crippen molar-refractivity contribution >= 4 is 11.8 Å². The predicted octanol–water partition coefficient (Wildman–Crippen LogP) is -0.509. The van der Waals surface area contributed by atoms with Crippen molar-refractivity contribution in [2.75, 3.05) is 19.6 Å². The Morgan fingerprint density at radius 3 is 2.44 bits per heavy atom. The van der Waals surface area contributed by atoms with Crippen LogP contribution in [0.15, 0.2) is 30.3 Å². The standard InChI is InChI=1S/C11H15N3O2/c12-10(15)8-13-6-7-14-11(16)9-4-2-1-3-5-9/h1-5,13H,6-8H2,(H2,12,15)(H,14,16). The van der Waals surface area contributed by atoms with E-state index in [0.717, 1.165) is 0 Å². The van der Waals surface area contributed by atoms with Crippen molar-refractivity contribution in [1.82, 2.24) is 10.6 Å². The zero-order valence-electron chi connectivity index (χ0n) is 8.90. The number of nitrogens with two attached hydrogens (primary N) is 1. The van der Waals surface area contributed by atoms with E-state index in [1.165, 1.54) is 0 Å². The molecule has 0 aliphatic carbocycles. The SMILES string of the molecule is NC(=O)CNCCNC(=O)c1ccccc1. The fraction of sp³-hybridized carbons (Fsp3) is 0.273. The molecular weight excluding hydrogens is 206 g/mol. The van der Waals surface area contributed by atoms with Crippen LogP contribution in [-0.4, -0.2) is 31.4 Å². The van der Waals surface area contributed by atoms with Gasteiger partial charge in [-0.3, -0.25) is 9.59 Å². The fourth-order valence-electron chi connectivity index (χ4n) is 1.17. The van der Waals surface area contributed by atoms with Crippen molar-refractivity contribution in [2.24, 2.45) is 5.73 Å². The van der Waals surface area contributed by atoms with Gasteiger partial charge in [0.25, 0.3) is 5.91 Å². The van der Waals surface area contributed by atoms with Crippen molar-refractivity contribution in [2.45, 2.75) is 0 Å². The van der Waals surface area contributed by atoms with Gasteiger partial charge in [-0.25, -0.2) is 0 Å². The normalized spacial score (nSPS) is 9.75. The number of amides is 2. The minimum absolute atomic E-state index is 0.124. The van der Waals surface area contributed by atoms with E-state index in [0.29, 0.717) is 18.7 Å². The molecule has 1 aromatic rings. The summed E-state index contributed by atoms with van der Waals surface area (Å²) in [4.78, 5) is 21.9. The maximum atomic E-state index is 11.5. The number of rotatable bonds is 6. The first-order valence-electron chi connectivity index (χ1n) is 5.02. The lowest BCUT2D eigenvalue weighted by Crippen LogP contribution is -2.35. The second-order valence-electron chi connectivity index (χ2n) is 3.27. The third-order valence-electron chi connectivity index (χ3n) is 1.92. The zero-order chi connectivity index (χ0) is 11.8. The Labute approximate surface area is 94.0 Å². The van der Waals surface area contributed by atoms with Gasteiger partial charge >= 0.3 is 0 Å². The summed E-state index contributed by atoms with van der Waals surface area (Å²) in [5, 5.41) is 5.52. The number of primary amides is 1. The molecule has 0 bridgehead atoms. The lowest BCUT2D eigenvalue weighted by Gasteiger charge is -2.05. The summed E-state index contributed by atoms with van der Waals surface area (Å²) in [6.45, 7) is 1.10. The van der Waals surface area contributed by atoms with E-state index in [2.05, 4.69) is 10.6 Å². The molecule has 0 saturated carbocycles. The highest BCUT2D eigenvalue weighted by atomic mass is 16.2. The average Bonchev–Trinajstić information content (AvgIpc) is 2.29. The van der Waals surface area contributed by atoms with Gasteiger partial charge in [-0.05, 0) is 12.1 Å². The molecule has 5 heteroatoms. The highest BCUT2D eigenvalue weighted by molar-refractivity contribution is 5.94. The van der Waals surface area contributed by atoms with Crippen LogP contribution in [0.5, 0.6) is 0 Å². The molecule has 0 unspecified atom stereocenters. The van der Waals surface area contributed by atoms with Gasteiger partial charge in [0.15, 0.2) is 0 Å². The Bertz CT molecular complexity index is 352. The van der Waals surface area contributed by atoms with E-state index in [9.17, 15) is 9.59 Å². The predicted molar refractivity (Wildman–Crippen MR) is 60.8 cm³/mol. The summed E-state index contributed by atoms with van der Waals surface area (Å²) >= 11 is 0. The quantitative estimate of drug-likeness (QED) is 0.566. The Morgan fingerprint density at radius 1 is 1.12 bits per heavy atom. The van der Waals surface area contributed by atoms with Crippen LogP contribution < -0.4 is 16.4 Å². The smallest absolute Gasteiger partial charge is 0.251 e. The lowest BCUT2D eigenvalue weighted by atomic mass is 10.2. The number of hydrogen-bond donors (Lipinski definition) is 3. The van der Waals surface area contributed by atoms with Gasteiger partial charge in [-0.1, -0.05) is 18.2 Å². The molecule has 0 saturated heterocycles. The molecule has 0 aliphatic rings. The first kappa shape index (κ1) is 12.2. The minimum Gasteiger partial charge on any atom is -0.369 e. The zero-order valence-corrected chi connectivity index (χ0v) is 8.90. The van der Waals surface area contributed by atoms with Crippen molar-refractivity contribution in [3.05, 3.63) is 35.9 Å². The second kappa shape index (κ2) is 6.58. The van der Waals surface area contributed by atoms with Gasteiger partial charge in [-0.15, -0.1) is 0 Å². The number of carbonyl (C=O) groups excluding carboxylic acids is 2. The van der Waals surface area contributed by atoms with Crippen molar-refractivity contribution < 1.29 is 9.59 Å². The Morgan fingerprint density at radius 2 is 1.81 bits per heavy atom. The van der Waals surface area contributed by atoms with Crippen LogP contribution in [0.2, 0.25) is 0 Å².